The zero-order chi connectivity index (χ0) is 13.9. The Morgan fingerprint density at radius 1 is 1.25 bits per heavy atom. The largest absolute Gasteiger partial charge is 0.411 e. The van der Waals surface area contributed by atoms with Gasteiger partial charge in [0.25, 0.3) is 0 Å². The molecule has 5 heteroatoms. The van der Waals surface area contributed by atoms with E-state index in [1.165, 1.54) is 16.7 Å². The number of thiophene rings is 1. The van der Waals surface area contributed by atoms with Crippen molar-refractivity contribution in [2.75, 3.05) is 0 Å². The minimum Gasteiger partial charge on any atom is -0.411 e. The Labute approximate surface area is 125 Å². The number of hydrogen-bond acceptors (Lipinski definition) is 5. The second-order valence-electron chi connectivity index (χ2n) is 4.36. The van der Waals surface area contributed by atoms with Crippen LogP contribution in [0.2, 0.25) is 0 Å². The SMILES string of the molecule is Cc1ccc(Sc2cncc3sc(/C=N/O)cc23)cc1. The number of rotatable bonds is 3. The fraction of sp³-hybridized carbons (Fsp3) is 0.0667. The van der Waals surface area contributed by atoms with Gasteiger partial charge in [0.1, 0.15) is 0 Å². The van der Waals surface area contributed by atoms with Crippen molar-refractivity contribution in [1.29, 1.82) is 0 Å². The minimum atomic E-state index is 0.918. The second-order valence-corrected chi connectivity index (χ2v) is 6.59. The highest BCUT2D eigenvalue weighted by atomic mass is 32.2. The first kappa shape index (κ1) is 13.1. The maximum absolute atomic E-state index is 8.63. The number of fused-ring (bicyclic) bond motifs is 1. The van der Waals surface area contributed by atoms with Crippen LogP contribution in [0, 0.1) is 6.92 Å². The molecule has 20 heavy (non-hydrogen) atoms. The smallest absolute Gasteiger partial charge is 0.0834 e. The van der Waals surface area contributed by atoms with E-state index in [1.807, 2.05) is 18.5 Å². The number of benzene rings is 1. The van der Waals surface area contributed by atoms with Crippen LogP contribution in [0.15, 0.2) is 57.7 Å². The average molecular weight is 300 g/mol. The van der Waals surface area contributed by atoms with Crippen LogP contribution < -0.4 is 0 Å². The molecule has 0 aliphatic rings. The Morgan fingerprint density at radius 2 is 2.05 bits per heavy atom. The molecule has 0 spiro atoms. The molecule has 3 nitrogen and oxygen atoms in total. The topological polar surface area (TPSA) is 45.5 Å². The molecule has 0 saturated heterocycles. The summed E-state index contributed by atoms with van der Waals surface area (Å²) in [5.74, 6) is 0. The highest BCUT2D eigenvalue weighted by Gasteiger charge is 2.07. The second kappa shape index (κ2) is 5.64. The molecule has 0 saturated carbocycles. The first-order chi connectivity index (χ1) is 9.76. The van der Waals surface area contributed by atoms with Gasteiger partial charge >= 0.3 is 0 Å². The Hall–Kier alpha value is -1.85. The summed E-state index contributed by atoms with van der Waals surface area (Å²) in [6.07, 6.45) is 5.17. The van der Waals surface area contributed by atoms with Gasteiger partial charge in [-0.05, 0) is 25.1 Å². The van der Waals surface area contributed by atoms with Crippen LogP contribution in [0.1, 0.15) is 10.4 Å². The van der Waals surface area contributed by atoms with E-state index in [9.17, 15) is 0 Å². The van der Waals surface area contributed by atoms with Gasteiger partial charge in [-0.2, -0.15) is 0 Å². The average Bonchev–Trinajstić information content (AvgIpc) is 2.85. The fourth-order valence-electron chi connectivity index (χ4n) is 1.89. The van der Waals surface area contributed by atoms with Crippen LogP contribution in [-0.2, 0) is 0 Å². The van der Waals surface area contributed by atoms with Crippen LogP contribution in [0.5, 0.6) is 0 Å². The van der Waals surface area contributed by atoms with Gasteiger partial charge in [0.05, 0.1) is 10.9 Å². The van der Waals surface area contributed by atoms with Crippen molar-refractivity contribution in [3.8, 4) is 0 Å². The van der Waals surface area contributed by atoms with Crippen molar-refractivity contribution in [3.63, 3.8) is 0 Å². The quantitative estimate of drug-likeness (QED) is 0.438. The van der Waals surface area contributed by atoms with E-state index in [0.29, 0.717) is 0 Å². The zero-order valence-electron chi connectivity index (χ0n) is 10.8. The molecule has 1 N–H and O–H groups in total. The number of oxime groups is 1. The number of nitrogens with zero attached hydrogens (tertiary/aromatic N) is 2. The third-order valence-corrected chi connectivity index (χ3v) is 4.92. The summed E-state index contributed by atoms with van der Waals surface area (Å²) < 4.78 is 1.09. The van der Waals surface area contributed by atoms with E-state index >= 15 is 0 Å². The lowest BCUT2D eigenvalue weighted by Gasteiger charge is -2.03. The van der Waals surface area contributed by atoms with Crippen molar-refractivity contribution in [1.82, 2.24) is 4.98 Å². The summed E-state index contributed by atoms with van der Waals surface area (Å²) in [7, 11) is 0. The Bertz CT molecular complexity index is 763. The molecule has 100 valence electrons. The summed E-state index contributed by atoms with van der Waals surface area (Å²) in [6.45, 7) is 2.08. The van der Waals surface area contributed by atoms with E-state index < -0.39 is 0 Å². The summed E-state index contributed by atoms with van der Waals surface area (Å²) in [4.78, 5) is 7.50. The lowest BCUT2D eigenvalue weighted by Crippen LogP contribution is -1.78. The van der Waals surface area contributed by atoms with E-state index in [2.05, 4.69) is 41.3 Å². The highest BCUT2D eigenvalue weighted by Crippen LogP contribution is 2.36. The zero-order valence-corrected chi connectivity index (χ0v) is 12.4. The minimum absolute atomic E-state index is 0.918. The molecule has 0 aliphatic heterocycles. The first-order valence-electron chi connectivity index (χ1n) is 6.06. The van der Waals surface area contributed by atoms with E-state index in [4.69, 9.17) is 5.21 Å². The third-order valence-electron chi connectivity index (χ3n) is 2.86. The van der Waals surface area contributed by atoms with E-state index in [0.717, 1.165) is 19.9 Å². The van der Waals surface area contributed by atoms with Crippen LogP contribution >= 0.6 is 23.1 Å². The molecule has 0 fully saturated rings. The molecule has 0 atom stereocenters. The number of aryl methyl sites for hydroxylation is 1. The Kier molecular flexibility index (Phi) is 3.71. The molecule has 2 aromatic heterocycles. The highest BCUT2D eigenvalue weighted by molar-refractivity contribution is 7.99. The predicted octanol–water partition coefficient (Wildman–Crippen LogP) is 4.56. The molecule has 3 rings (SSSR count). The summed E-state index contributed by atoms with van der Waals surface area (Å²) in [6, 6.07) is 10.5. The van der Waals surface area contributed by atoms with Gasteiger partial charge in [0, 0.05) is 32.4 Å². The fourth-order valence-corrected chi connectivity index (χ4v) is 3.80. The first-order valence-corrected chi connectivity index (χ1v) is 7.69. The van der Waals surface area contributed by atoms with Gasteiger partial charge in [0.15, 0.2) is 0 Å². The van der Waals surface area contributed by atoms with Crippen LogP contribution in [-0.4, -0.2) is 16.4 Å². The molecular formula is C15H12N2OS2. The predicted molar refractivity (Wildman–Crippen MR) is 84.3 cm³/mol. The molecule has 2 heterocycles. The van der Waals surface area contributed by atoms with Gasteiger partial charge in [0.2, 0.25) is 0 Å². The lowest BCUT2D eigenvalue weighted by atomic mass is 10.2. The molecular weight excluding hydrogens is 288 g/mol. The van der Waals surface area contributed by atoms with Crippen LogP contribution in [0.25, 0.3) is 10.1 Å². The summed E-state index contributed by atoms with van der Waals surface area (Å²) in [5, 5.41) is 12.9. The van der Waals surface area contributed by atoms with Crippen molar-refractivity contribution < 1.29 is 5.21 Å². The summed E-state index contributed by atoms with van der Waals surface area (Å²) in [5.41, 5.74) is 1.25. The van der Waals surface area contributed by atoms with Gasteiger partial charge in [-0.25, -0.2) is 0 Å². The molecule has 0 unspecified atom stereocenters. The van der Waals surface area contributed by atoms with Crippen LogP contribution in [0.4, 0.5) is 0 Å². The van der Waals surface area contributed by atoms with Gasteiger partial charge in [-0.15, -0.1) is 11.3 Å². The van der Waals surface area contributed by atoms with Crippen molar-refractivity contribution >= 4 is 39.4 Å². The maximum atomic E-state index is 8.63. The molecule has 0 amide bonds. The van der Waals surface area contributed by atoms with Crippen molar-refractivity contribution in [2.45, 2.75) is 16.7 Å². The van der Waals surface area contributed by atoms with Gasteiger partial charge in [-0.1, -0.05) is 34.6 Å². The monoisotopic (exact) mass is 300 g/mol. The standard InChI is InChI=1S/C15H12N2OS2/c1-10-2-4-11(5-3-10)19-14-8-16-9-15-13(14)6-12(20-15)7-17-18/h2-9,18H,1H3/b17-7+. The maximum Gasteiger partial charge on any atom is 0.0834 e. The van der Waals surface area contributed by atoms with Crippen molar-refractivity contribution in [3.05, 3.63) is 53.2 Å². The normalized spacial score (nSPS) is 11.4. The number of hydrogen-bond donors (Lipinski definition) is 1. The third kappa shape index (κ3) is 2.69. The molecule has 0 radical (unpaired) electrons. The lowest BCUT2D eigenvalue weighted by molar-refractivity contribution is 0.322. The van der Waals surface area contributed by atoms with E-state index in [1.54, 1.807) is 23.1 Å². The number of aromatic nitrogens is 1. The van der Waals surface area contributed by atoms with E-state index in [-0.39, 0.29) is 0 Å². The van der Waals surface area contributed by atoms with Crippen LogP contribution in [0.3, 0.4) is 0 Å². The Morgan fingerprint density at radius 3 is 2.80 bits per heavy atom. The molecule has 1 aromatic carbocycles. The van der Waals surface area contributed by atoms with Gasteiger partial charge in [-0.3, -0.25) is 4.98 Å². The molecule has 0 aliphatic carbocycles. The van der Waals surface area contributed by atoms with Gasteiger partial charge < -0.3 is 5.21 Å². The molecule has 0 bridgehead atoms. The van der Waals surface area contributed by atoms with Crippen molar-refractivity contribution in [2.24, 2.45) is 5.16 Å². The summed E-state index contributed by atoms with van der Waals surface area (Å²) >= 11 is 3.26. The number of pyridine rings is 1. The molecule has 3 aromatic rings. The Balaban J connectivity index is 2.00.